The molecule has 1 atom stereocenters. The van der Waals surface area contributed by atoms with Crippen molar-refractivity contribution in [3.8, 4) is 0 Å². The first-order chi connectivity index (χ1) is 14.4. The Morgan fingerprint density at radius 1 is 1.30 bits per heavy atom. The van der Waals surface area contributed by atoms with Crippen LogP contribution in [-0.2, 0) is 22.5 Å². The lowest BCUT2D eigenvalue weighted by Crippen LogP contribution is -2.42. The van der Waals surface area contributed by atoms with Gasteiger partial charge in [0.1, 0.15) is 4.88 Å². The van der Waals surface area contributed by atoms with Gasteiger partial charge < -0.3 is 19.4 Å². The van der Waals surface area contributed by atoms with E-state index < -0.39 is 18.0 Å². The minimum absolute atomic E-state index is 0.180. The first-order valence-electron chi connectivity index (χ1n) is 9.42. The molecule has 0 spiro atoms. The van der Waals surface area contributed by atoms with Crippen molar-refractivity contribution >= 4 is 45.5 Å². The first kappa shape index (κ1) is 20.4. The summed E-state index contributed by atoms with van der Waals surface area (Å²) >= 11 is 2.81. The zero-order valence-corrected chi connectivity index (χ0v) is 18.1. The van der Waals surface area contributed by atoms with Gasteiger partial charge in [0.2, 0.25) is 0 Å². The summed E-state index contributed by atoms with van der Waals surface area (Å²) in [4.78, 5) is 40.9. The van der Waals surface area contributed by atoms with Crippen LogP contribution >= 0.6 is 22.7 Å². The lowest BCUT2D eigenvalue weighted by atomic mass is 10.1. The Morgan fingerprint density at radius 3 is 2.90 bits per heavy atom. The zero-order valence-electron chi connectivity index (χ0n) is 16.5. The Balaban J connectivity index is 1.38. The summed E-state index contributed by atoms with van der Waals surface area (Å²) in [5, 5.41) is 5.23. The summed E-state index contributed by atoms with van der Waals surface area (Å²) in [5.74, 6) is -1.01. The predicted molar refractivity (Wildman–Crippen MR) is 114 cm³/mol. The second kappa shape index (κ2) is 8.45. The second-order valence-corrected chi connectivity index (χ2v) is 9.03. The number of anilines is 1. The monoisotopic (exact) mass is 444 g/mol. The molecule has 0 saturated heterocycles. The standard InChI is InChI=1S/C21H20N2O5S2/c1-12-10-17(22-19(24)15-4-3-8-27-15)30-18(12)21(26)28-13(2)20(25)23-7-5-16-14(11-23)6-9-29-16/h3-4,6,8-10,13H,5,7,11H2,1-2H3,(H,22,24). The maximum atomic E-state index is 12.8. The summed E-state index contributed by atoms with van der Waals surface area (Å²) in [6.07, 6.45) is 1.35. The predicted octanol–water partition coefficient (Wildman–Crippen LogP) is 4.09. The van der Waals surface area contributed by atoms with Gasteiger partial charge in [0, 0.05) is 18.0 Å². The van der Waals surface area contributed by atoms with Gasteiger partial charge in [-0.2, -0.15) is 0 Å². The Morgan fingerprint density at radius 2 is 2.13 bits per heavy atom. The smallest absolute Gasteiger partial charge is 0.349 e. The van der Waals surface area contributed by atoms with E-state index in [9.17, 15) is 14.4 Å². The van der Waals surface area contributed by atoms with Crippen LogP contribution in [0.1, 0.15) is 43.2 Å². The van der Waals surface area contributed by atoms with Crippen molar-refractivity contribution in [3.63, 3.8) is 0 Å². The number of carbonyl (C=O) groups is 3. The van der Waals surface area contributed by atoms with Crippen molar-refractivity contribution in [2.45, 2.75) is 32.9 Å². The van der Waals surface area contributed by atoms with Crippen LogP contribution in [0.3, 0.4) is 0 Å². The van der Waals surface area contributed by atoms with Crippen molar-refractivity contribution in [1.29, 1.82) is 0 Å². The number of aryl methyl sites for hydroxylation is 1. The van der Waals surface area contributed by atoms with Crippen LogP contribution in [0.25, 0.3) is 0 Å². The van der Waals surface area contributed by atoms with E-state index in [1.165, 1.54) is 11.1 Å². The summed E-state index contributed by atoms with van der Waals surface area (Å²) < 4.78 is 10.5. The number of ether oxygens (including phenoxy) is 1. The van der Waals surface area contributed by atoms with Crippen molar-refractivity contribution < 1.29 is 23.5 Å². The minimum atomic E-state index is -0.889. The third-order valence-corrected chi connectivity index (χ3v) is 6.99. The average molecular weight is 445 g/mol. The number of carbonyl (C=O) groups excluding carboxylic acids is 3. The molecule has 0 aliphatic carbocycles. The van der Waals surface area contributed by atoms with E-state index >= 15 is 0 Å². The van der Waals surface area contributed by atoms with E-state index in [2.05, 4.69) is 5.32 Å². The number of thiophene rings is 2. The lowest BCUT2D eigenvalue weighted by Gasteiger charge is -2.29. The molecule has 9 heteroatoms. The molecule has 0 aromatic carbocycles. The molecule has 7 nitrogen and oxygen atoms in total. The van der Waals surface area contributed by atoms with Crippen molar-refractivity contribution in [2.75, 3.05) is 11.9 Å². The van der Waals surface area contributed by atoms with E-state index in [-0.39, 0.29) is 11.7 Å². The molecule has 0 bridgehead atoms. The van der Waals surface area contributed by atoms with Gasteiger partial charge in [-0.25, -0.2) is 4.79 Å². The highest BCUT2D eigenvalue weighted by molar-refractivity contribution is 7.18. The molecule has 3 aromatic rings. The molecule has 30 heavy (non-hydrogen) atoms. The number of hydrogen-bond acceptors (Lipinski definition) is 7. The molecule has 2 amide bonds. The topological polar surface area (TPSA) is 88.9 Å². The number of hydrogen-bond donors (Lipinski definition) is 1. The van der Waals surface area contributed by atoms with Crippen LogP contribution in [0.4, 0.5) is 5.00 Å². The summed E-state index contributed by atoms with van der Waals surface area (Å²) in [6.45, 7) is 4.51. The third-order valence-electron chi connectivity index (χ3n) is 4.84. The van der Waals surface area contributed by atoms with Crippen LogP contribution < -0.4 is 5.32 Å². The highest BCUT2D eigenvalue weighted by Gasteiger charge is 2.28. The fourth-order valence-corrected chi connectivity index (χ4v) is 5.13. The molecule has 3 aromatic heterocycles. The highest BCUT2D eigenvalue weighted by Crippen LogP contribution is 2.29. The third kappa shape index (κ3) is 4.17. The number of esters is 1. The maximum Gasteiger partial charge on any atom is 0.349 e. The van der Waals surface area contributed by atoms with Gasteiger partial charge >= 0.3 is 5.97 Å². The molecule has 0 saturated carbocycles. The fraction of sp³-hybridized carbons (Fsp3) is 0.286. The normalized spacial score (nSPS) is 14.1. The second-order valence-electron chi connectivity index (χ2n) is 6.98. The minimum Gasteiger partial charge on any atom is -0.459 e. The van der Waals surface area contributed by atoms with Crippen molar-refractivity contribution in [3.05, 3.63) is 62.6 Å². The molecule has 4 heterocycles. The van der Waals surface area contributed by atoms with Crippen LogP contribution in [-0.4, -0.2) is 35.3 Å². The summed E-state index contributed by atoms with van der Waals surface area (Å²) in [5.41, 5.74) is 1.82. The molecule has 1 aliphatic heterocycles. The van der Waals surface area contributed by atoms with Crippen molar-refractivity contribution in [2.24, 2.45) is 0 Å². The fourth-order valence-electron chi connectivity index (χ4n) is 3.29. The zero-order chi connectivity index (χ0) is 21.3. The highest BCUT2D eigenvalue weighted by atomic mass is 32.1. The Kier molecular flexibility index (Phi) is 5.74. The number of nitrogens with zero attached hydrogens (tertiary/aromatic N) is 1. The van der Waals surface area contributed by atoms with E-state index in [0.29, 0.717) is 28.5 Å². The van der Waals surface area contributed by atoms with E-state index in [0.717, 1.165) is 23.3 Å². The van der Waals surface area contributed by atoms with Gasteiger partial charge in [0.05, 0.1) is 11.3 Å². The van der Waals surface area contributed by atoms with Crippen LogP contribution in [0, 0.1) is 6.92 Å². The van der Waals surface area contributed by atoms with Crippen molar-refractivity contribution in [1.82, 2.24) is 4.90 Å². The van der Waals surface area contributed by atoms with Gasteiger partial charge in [-0.05, 0) is 61.0 Å². The number of amides is 2. The molecular formula is C21H20N2O5S2. The van der Waals surface area contributed by atoms with E-state index in [1.807, 2.05) is 11.4 Å². The largest absolute Gasteiger partial charge is 0.459 e. The quantitative estimate of drug-likeness (QED) is 0.599. The molecule has 156 valence electrons. The molecule has 1 N–H and O–H groups in total. The molecule has 4 rings (SSSR count). The van der Waals surface area contributed by atoms with E-state index in [4.69, 9.17) is 9.15 Å². The van der Waals surface area contributed by atoms with Crippen LogP contribution in [0.2, 0.25) is 0 Å². The first-order valence-corrected chi connectivity index (χ1v) is 11.1. The molecular weight excluding hydrogens is 424 g/mol. The lowest BCUT2D eigenvalue weighted by molar-refractivity contribution is -0.140. The maximum absolute atomic E-state index is 12.8. The van der Waals surface area contributed by atoms with Gasteiger partial charge in [0.15, 0.2) is 11.9 Å². The van der Waals surface area contributed by atoms with Gasteiger partial charge in [-0.3, -0.25) is 9.59 Å². The summed E-state index contributed by atoms with van der Waals surface area (Å²) in [6, 6.07) is 6.90. The van der Waals surface area contributed by atoms with E-state index in [1.54, 1.807) is 48.3 Å². The number of nitrogens with one attached hydrogen (secondary N) is 1. The average Bonchev–Trinajstić information content (AvgIpc) is 3.47. The Labute approximate surface area is 181 Å². The van der Waals surface area contributed by atoms with Crippen LogP contribution in [0.15, 0.2) is 40.3 Å². The SMILES string of the molecule is Cc1cc(NC(=O)c2ccco2)sc1C(=O)OC(C)C(=O)N1CCc2sccc2C1. The van der Waals surface area contributed by atoms with Crippen LogP contribution in [0.5, 0.6) is 0 Å². The molecule has 0 radical (unpaired) electrons. The van der Waals surface area contributed by atoms with Gasteiger partial charge in [0.25, 0.3) is 11.8 Å². The number of rotatable bonds is 5. The van der Waals surface area contributed by atoms with Gasteiger partial charge in [-0.1, -0.05) is 0 Å². The molecule has 1 unspecified atom stereocenters. The number of fused-ring (bicyclic) bond motifs is 1. The Hall–Kier alpha value is -2.91. The number of furan rings is 1. The molecule has 0 fully saturated rings. The van der Waals surface area contributed by atoms with Gasteiger partial charge in [-0.15, -0.1) is 22.7 Å². The molecule has 1 aliphatic rings. The summed E-state index contributed by atoms with van der Waals surface area (Å²) in [7, 11) is 0. The Bertz CT molecular complexity index is 1080.